The van der Waals surface area contributed by atoms with Gasteiger partial charge in [0.25, 0.3) is 11.6 Å². The van der Waals surface area contributed by atoms with E-state index < -0.39 is 4.92 Å². The van der Waals surface area contributed by atoms with Crippen LogP contribution in [0.25, 0.3) is 11.0 Å². The van der Waals surface area contributed by atoms with Crippen molar-refractivity contribution in [2.24, 2.45) is 7.05 Å². The Balaban J connectivity index is 1.46. The number of fused-ring (bicyclic) bond motifs is 1. The molecular weight excluding hydrogens is 386 g/mol. The number of carbonyl (C=O) groups is 1. The molecule has 2 N–H and O–H groups in total. The lowest BCUT2D eigenvalue weighted by atomic mass is 10.2. The topological polar surface area (TPSA) is 104 Å². The first-order valence-corrected chi connectivity index (χ1v) is 9.94. The fourth-order valence-corrected chi connectivity index (χ4v) is 3.69. The van der Waals surface area contributed by atoms with E-state index in [1.165, 1.54) is 29.2 Å². The maximum Gasteiger partial charge on any atom is 0.269 e. The van der Waals surface area contributed by atoms with Crippen molar-refractivity contribution in [3.8, 4) is 0 Å². The van der Waals surface area contributed by atoms with Gasteiger partial charge < -0.3 is 19.5 Å². The van der Waals surface area contributed by atoms with Gasteiger partial charge in [-0.15, -0.1) is 0 Å². The fraction of sp³-hybridized carbons (Fsp3) is 0.333. The fourth-order valence-electron chi connectivity index (χ4n) is 3.69. The van der Waals surface area contributed by atoms with Gasteiger partial charge in [0.1, 0.15) is 18.9 Å². The first kappa shape index (κ1) is 20.0. The summed E-state index contributed by atoms with van der Waals surface area (Å²) < 4.78 is 7.50. The Morgan fingerprint density at radius 2 is 1.97 bits per heavy atom. The predicted octanol–water partition coefficient (Wildman–Crippen LogP) is 1.19. The number of anilines is 1. The van der Waals surface area contributed by atoms with E-state index in [4.69, 9.17) is 9.72 Å². The number of non-ortho nitro benzene ring substituents is 1. The molecule has 0 spiro atoms. The van der Waals surface area contributed by atoms with E-state index in [1.807, 2.05) is 25.2 Å². The molecule has 1 aromatic heterocycles. The maximum absolute atomic E-state index is 12.5. The van der Waals surface area contributed by atoms with Gasteiger partial charge in [0.05, 0.1) is 42.1 Å². The molecule has 1 amide bonds. The van der Waals surface area contributed by atoms with Crippen molar-refractivity contribution in [3.63, 3.8) is 0 Å². The van der Waals surface area contributed by atoms with Crippen LogP contribution in [0.2, 0.25) is 0 Å². The predicted molar refractivity (Wildman–Crippen MR) is 112 cm³/mol. The van der Waals surface area contributed by atoms with E-state index in [0.29, 0.717) is 11.3 Å². The van der Waals surface area contributed by atoms with Crippen molar-refractivity contribution < 1.29 is 19.4 Å². The Labute approximate surface area is 173 Å². The van der Waals surface area contributed by atoms with Crippen LogP contribution in [-0.4, -0.2) is 53.2 Å². The molecule has 9 nitrogen and oxygen atoms in total. The SMILES string of the molecule is Cn1c(CC[NH+]2CCOCC2)nc2cc(NC(=O)c3ccc([N+](=O)[O-])cc3)ccc21. The number of carbonyl (C=O) groups excluding carboxylic acids is 1. The second-order valence-electron chi connectivity index (χ2n) is 7.41. The van der Waals surface area contributed by atoms with Crippen molar-refractivity contribution in [2.75, 3.05) is 38.2 Å². The van der Waals surface area contributed by atoms with Crippen LogP contribution in [0, 0.1) is 10.1 Å². The normalized spacial score (nSPS) is 14.7. The Morgan fingerprint density at radius 3 is 2.67 bits per heavy atom. The van der Waals surface area contributed by atoms with Crippen LogP contribution in [0.5, 0.6) is 0 Å². The third-order valence-electron chi connectivity index (χ3n) is 5.47. The third-order valence-corrected chi connectivity index (χ3v) is 5.47. The zero-order chi connectivity index (χ0) is 21.1. The average molecular weight is 410 g/mol. The number of hydrogen-bond acceptors (Lipinski definition) is 5. The number of aromatic nitrogens is 2. The zero-order valence-electron chi connectivity index (χ0n) is 16.8. The number of nitrogens with one attached hydrogen (secondary N) is 2. The van der Waals surface area contributed by atoms with Crippen molar-refractivity contribution in [2.45, 2.75) is 6.42 Å². The van der Waals surface area contributed by atoms with Crippen molar-refractivity contribution >= 4 is 28.3 Å². The number of nitro groups is 1. The molecule has 30 heavy (non-hydrogen) atoms. The highest BCUT2D eigenvalue weighted by molar-refractivity contribution is 6.05. The molecule has 0 unspecified atom stereocenters. The summed E-state index contributed by atoms with van der Waals surface area (Å²) in [6, 6.07) is 11.2. The van der Waals surface area contributed by atoms with E-state index in [0.717, 1.165) is 56.1 Å². The van der Waals surface area contributed by atoms with Crippen molar-refractivity contribution in [1.29, 1.82) is 0 Å². The lowest BCUT2D eigenvalue weighted by molar-refractivity contribution is -0.907. The minimum absolute atomic E-state index is 0.0482. The number of imidazole rings is 1. The number of hydrogen-bond donors (Lipinski definition) is 2. The van der Waals surface area contributed by atoms with Gasteiger partial charge in [-0.05, 0) is 30.3 Å². The summed E-state index contributed by atoms with van der Waals surface area (Å²) in [7, 11) is 2.01. The Kier molecular flexibility index (Phi) is 5.73. The minimum Gasteiger partial charge on any atom is -0.370 e. The highest BCUT2D eigenvalue weighted by Gasteiger charge is 2.16. The van der Waals surface area contributed by atoms with E-state index in [9.17, 15) is 14.9 Å². The molecule has 3 aromatic rings. The van der Waals surface area contributed by atoms with Crippen LogP contribution in [0.3, 0.4) is 0 Å². The second-order valence-corrected chi connectivity index (χ2v) is 7.41. The van der Waals surface area contributed by atoms with Gasteiger partial charge in [-0.2, -0.15) is 0 Å². The number of aryl methyl sites for hydroxylation is 1. The lowest BCUT2D eigenvalue weighted by Crippen LogP contribution is -3.14. The number of nitro benzene ring substituents is 1. The average Bonchev–Trinajstić information content (AvgIpc) is 3.08. The van der Waals surface area contributed by atoms with Crippen LogP contribution < -0.4 is 10.2 Å². The van der Waals surface area contributed by atoms with Gasteiger partial charge in [-0.3, -0.25) is 14.9 Å². The van der Waals surface area contributed by atoms with E-state index in [-0.39, 0.29) is 11.6 Å². The van der Waals surface area contributed by atoms with Gasteiger partial charge in [0.15, 0.2) is 0 Å². The molecule has 9 heteroatoms. The summed E-state index contributed by atoms with van der Waals surface area (Å²) in [5.41, 5.74) is 2.78. The Morgan fingerprint density at radius 1 is 1.23 bits per heavy atom. The van der Waals surface area contributed by atoms with Gasteiger partial charge in [-0.1, -0.05) is 0 Å². The summed E-state index contributed by atoms with van der Waals surface area (Å²) >= 11 is 0. The molecule has 156 valence electrons. The Hall–Kier alpha value is -3.30. The molecule has 0 saturated carbocycles. The number of ether oxygens (including phenoxy) is 1. The molecule has 2 aromatic carbocycles. The summed E-state index contributed by atoms with van der Waals surface area (Å²) in [6.07, 6.45) is 0.880. The number of quaternary nitrogens is 1. The van der Waals surface area contributed by atoms with Crippen molar-refractivity contribution in [1.82, 2.24) is 9.55 Å². The number of benzene rings is 2. The molecule has 0 bridgehead atoms. The maximum atomic E-state index is 12.5. The van der Waals surface area contributed by atoms with Crippen LogP contribution in [0.15, 0.2) is 42.5 Å². The zero-order valence-corrected chi connectivity index (χ0v) is 16.8. The van der Waals surface area contributed by atoms with Gasteiger partial charge in [-0.25, -0.2) is 4.98 Å². The number of nitrogens with zero attached hydrogens (tertiary/aromatic N) is 3. The Bertz CT molecular complexity index is 1070. The van der Waals surface area contributed by atoms with Gasteiger partial charge in [0.2, 0.25) is 0 Å². The quantitative estimate of drug-likeness (QED) is 0.469. The standard InChI is InChI=1S/C21H23N5O4/c1-24-19-7-4-16(22-21(27)15-2-5-17(6-3-15)26(28)29)14-18(19)23-20(24)8-9-25-10-12-30-13-11-25/h2-7,14H,8-13H2,1H3,(H,22,27)/p+1. The summed E-state index contributed by atoms with van der Waals surface area (Å²) in [5.74, 6) is 0.694. The van der Waals surface area contributed by atoms with Gasteiger partial charge in [0, 0.05) is 30.4 Å². The van der Waals surface area contributed by atoms with E-state index in [1.54, 1.807) is 0 Å². The summed E-state index contributed by atoms with van der Waals surface area (Å²) in [5, 5.41) is 13.6. The number of rotatable bonds is 6. The first-order chi connectivity index (χ1) is 14.5. The molecule has 0 radical (unpaired) electrons. The third kappa shape index (κ3) is 4.32. The van der Waals surface area contributed by atoms with E-state index >= 15 is 0 Å². The van der Waals surface area contributed by atoms with Gasteiger partial charge >= 0.3 is 0 Å². The minimum atomic E-state index is -0.491. The molecule has 1 aliphatic heterocycles. The molecule has 0 aliphatic carbocycles. The largest absolute Gasteiger partial charge is 0.370 e. The highest BCUT2D eigenvalue weighted by atomic mass is 16.6. The van der Waals surface area contributed by atoms with Crippen molar-refractivity contribution in [3.05, 3.63) is 64.0 Å². The molecule has 1 aliphatic rings. The first-order valence-electron chi connectivity index (χ1n) is 9.94. The van der Waals surface area contributed by atoms with Crippen LogP contribution in [-0.2, 0) is 18.2 Å². The molecular formula is C21H24N5O4+. The summed E-state index contributed by atoms with van der Waals surface area (Å²) in [6.45, 7) is 4.71. The lowest BCUT2D eigenvalue weighted by Gasteiger charge is -2.23. The van der Waals surface area contributed by atoms with Crippen LogP contribution in [0.1, 0.15) is 16.2 Å². The summed E-state index contributed by atoms with van der Waals surface area (Å²) in [4.78, 5) is 29.0. The molecule has 1 fully saturated rings. The smallest absolute Gasteiger partial charge is 0.269 e. The van der Waals surface area contributed by atoms with Crippen LogP contribution in [0.4, 0.5) is 11.4 Å². The molecule has 4 rings (SSSR count). The van der Waals surface area contributed by atoms with Crippen LogP contribution >= 0.6 is 0 Å². The number of amides is 1. The molecule has 0 atom stereocenters. The van der Waals surface area contributed by atoms with E-state index in [2.05, 4.69) is 9.88 Å². The second kappa shape index (κ2) is 8.60. The monoisotopic (exact) mass is 410 g/mol. The molecule has 2 heterocycles. The number of morpholine rings is 1. The molecule has 1 saturated heterocycles. The highest BCUT2D eigenvalue weighted by Crippen LogP contribution is 2.21.